The summed E-state index contributed by atoms with van der Waals surface area (Å²) in [6.07, 6.45) is -20.1. The highest BCUT2D eigenvalue weighted by atomic mass is 31.2. The van der Waals surface area contributed by atoms with Gasteiger partial charge in [0, 0.05) is 14.1 Å². The van der Waals surface area contributed by atoms with E-state index in [1.54, 1.807) is 0 Å². The van der Waals surface area contributed by atoms with Gasteiger partial charge in [0.05, 0.1) is 0 Å². The second kappa shape index (κ2) is 11.6. The van der Waals surface area contributed by atoms with Crippen LogP contribution in [-0.4, -0.2) is 74.8 Å². The molecular weight excluding hydrogens is 502 g/mol. The van der Waals surface area contributed by atoms with Crippen LogP contribution in [0, 0.1) is 0 Å². The Labute approximate surface area is 163 Å². The molecule has 30 heavy (non-hydrogen) atoms. The molecule has 0 N–H and O–H groups in total. The Kier molecular flexibility index (Phi) is 11.5. The van der Waals surface area contributed by atoms with Gasteiger partial charge < -0.3 is 18.1 Å². The van der Waals surface area contributed by atoms with Crippen molar-refractivity contribution in [2.24, 2.45) is 0 Å². The summed E-state index contributed by atoms with van der Waals surface area (Å²) in [7, 11) is -5.18. The van der Waals surface area contributed by atoms with Crippen LogP contribution in [-0.2, 0) is 18.1 Å². The van der Waals surface area contributed by atoms with Crippen molar-refractivity contribution in [2.75, 3.05) is 40.5 Å². The van der Waals surface area contributed by atoms with Crippen molar-refractivity contribution < 1.29 is 70.8 Å². The zero-order valence-electron chi connectivity index (χ0n) is 14.8. The third-order valence-electron chi connectivity index (χ3n) is 2.25. The largest absolute Gasteiger partial charge is 0.412 e. The summed E-state index contributed by atoms with van der Waals surface area (Å²) >= 11 is 0. The third-order valence-corrected chi connectivity index (χ3v) is 5.27. The molecule has 0 heterocycles. The lowest BCUT2D eigenvalue weighted by Crippen LogP contribution is -2.34. The molecular formula is C10H14F12N2O4P2. The molecule has 0 saturated carbocycles. The summed E-state index contributed by atoms with van der Waals surface area (Å²) < 4.78 is 165. The molecule has 0 unspecified atom stereocenters. The maximum absolute atomic E-state index is 12.3. The van der Waals surface area contributed by atoms with Crippen LogP contribution in [0.25, 0.3) is 0 Å². The molecule has 6 nitrogen and oxygen atoms in total. The second-order valence-electron chi connectivity index (χ2n) is 5.01. The van der Waals surface area contributed by atoms with E-state index in [-0.39, 0.29) is 9.56 Å². The number of hydrogen-bond acceptors (Lipinski definition) is 6. The Hall–Kier alpha value is -0.220. The zero-order chi connectivity index (χ0) is 24.0. The molecule has 0 aliphatic heterocycles. The minimum atomic E-state index is -5.02. The number of nitrogens with zero attached hydrogens (tertiary/aromatic N) is 2. The van der Waals surface area contributed by atoms with E-state index >= 15 is 0 Å². The number of rotatable bonds is 11. The smallest absolute Gasteiger partial charge is 0.312 e. The Balaban J connectivity index is 5.40. The fourth-order valence-corrected chi connectivity index (χ4v) is 3.79. The first kappa shape index (κ1) is 29.8. The van der Waals surface area contributed by atoms with Gasteiger partial charge in [-0.25, -0.2) is 0 Å². The van der Waals surface area contributed by atoms with Gasteiger partial charge in [-0.1, -0.05) is 0 Å². The molecule has 182 valence electrons. The summed E-state index contributed by atoms with van der Waals surface area (Å²) in [5.74, 6) is 0. The van der Waals surface area contributed by atoms with Crippen molar-refractivity contribution in [3.63, 3.8) is 0 Å². The van der Waals surface area contributed by atoms with E-state index in [0.29, 0.717) is 14.1 Å². The van der Waals surface area contributed by atoms with Crippen LogP contribution in [0.15, 0.2) is 0 Å². The van der Waals surface area contributed by atoms with E-state index in [9.17, 15) is 52.7 Å². The molecule has 0 saturated heterocycles. The van der Waals surface area contributed by atoms with Crippen LogP contribution in [0.5, 0.6) is 0 Å². The fourth-order valence-electron chi connectivity index (χ4n) is 1.13. The predicted octanol–water partition coefficient (Wildman–Crippen LogP) is 5.53. The Morgan fingerprint density at radius 1 is 0.467 bits per heavy atom. The highest BCUT2D eigenvalue weighted by Gasteiger charge is 2.40. The summed E-state index contributed by atoms with van der Waals surface area (Å²) in [6, 6.07) is 0. The number of alkyl halides is 12. The van der Waals surface area contributed by atoms with Crippen LogP contribution >= 0.6 is 17.1 Å². The van der Waals surface area contributed by atoms with E-state index in [2.05, 4.69) is 18.1 Å². The molecule has 0 fully saturated rings. The zero-order valence-corrected chi connectivity index (χ0v) is 16.6. The molecule has 0 aliphatic carbocycles. The Morgan fingerprint density at radius 2 is 0.633 bits per heavy atom. The van der Waals surface area contributed by atoms with Crippen LogP contribution < -0.4 is 0 Å². The molecule has 0 aromatic heterocycles. The van der Waals surface area contributed by atoms with E-state index in [1.165, 1.54) is 0 Å². The number of hydrogen-bond donors (Lipinski definition) is 0. The van der Waals surface area contributed by atoms with Crippen molar-refractivity contribution in [1.29, 1.82) is 0 Å². The molecule has 0 bridgehead atoms. The average Bonchev–Trinajstić information content (AvgIpc) is 2.49. The molecule has 0 rings (SSSR count). The van der Waals surface area contributed by atoms with E-state index in [1.807, 2.05) is 0 Å². The maximum Gasteiger partial charge on any atom is 0.412 e. The van der Waals surface area contributed by atoms with Crippen LogP contribution in [0.4, 0.5) is 52.7 Å². The summed E-state index contributed by atoms with van der Waals surface area (Å²) in [5.41, 5.74) is 0. The third kappa shape index (κ3) is 15.6. The first-order valence-corrected chi connectivity index (χ1v) is 9.32. The lowest BCUT2D eigenvalue weighted by Gasteiger charge is -2.36. The SMILES string of the molecule is CN(N(C)P(OCC(F)(F)F)OCC(F)(F)F)P(OCC(F)(F)F)OCC(F)(F)F. The summed E-state index contributed by atoms with van der Waals surface area (Å²) in [5, 5.41) is 0. The summed E-state index contributed by atoms with van der Waals surface area (Å²) in [4.78, 5) is 0. The van der Waals surface area contributed by atoms with Gasteiger partial charge in [-0.3, -0.25) is 0 Å². The highest BCUT2D eigenvalue weighted by molar-refractivity contribution is 7.47. The lowest BCUT2D eigenvalue weighted by molar-refractivity contribution is -0.169. The van der Waals surface area contributed by atoms with E-state index in [0.717, 1.165) is 0 Å². The molecule has 0 radical (unpaired) electrons. The fraction of sp³-hybridized carbons (Fsp3) is 1.00. The van der Waals surface area contributed by atoms with Crippen LogP contribution in [0.3, 0.4) is 0 Å². The molecule has 0 spiro atoms. The summed E-state index contributed by atoms with van der Waals surface area (Å²) in [6.45, 7) is -8.45. The van der Waals surface area contributed by atoms with E-state index in [4.69, 9.17) is 0 Å². The first-order chi connectivity index (χ1) is 13.2. The molecule has 0 amide bonds. The van der Waals surface area contributed by atoms with Gasteiger partial charge in [-0.2, -0.15) is 62.2 Å². The van der Waals surface area contributed by atoms with Crippen molar-refractivity contribution in [3.8, 4) is 0 Å². The average molecular weight is 516 g/mol. The van der Waals surface area contributed by atoms with Gasteiger partial charge in [0.15, 0.2) is 26.4 Å². The monoisotopic (exact) mass is 516 g/mol. The van der Waals surface area contributed by atoms with Gasteiger partial charge in [0.25, 0.3) is 17.1 Å². The topological polar surface area (TPSA) is 43.4 Å². The molecule has 0 aromatic carbocycles. The predicted molar refractivity (Wildman–Crippen MR) is 77.4 cm³/mol. The minimum Gasteiger partial charge on any atom is -0.312 e. The normalized spacial score (nSPS) is 14.6. The standard InChI is InChI=1S/C10H14F12N2O4P2/c1-23(29(25-3-7(11,12)13)26-4-8(14,15)16)24(2)30(27-5-9(17,18)19)28-6-10(20,21)22/h3-6H2,1-2H3. The van der Waals surface area contributed by atoms with Crippen molar-refractivity contribution in [2.45, 2.75) is 24.7 Å². The number of halogens is 12. The molecule has 0 aromatic rings. The van der Waals surface area contributed by atoms with Gasteiger partial charge in [-0.15, -0.1) is 0 Å². The minimum absolute atomic E-state index is 0.283. The Morgan fingerprint density at radius 3 is 0.767 bits per heavy atom. The molecule has 0 atom stereocenters. The quantitative estimate of drug-likeness (QED) is 0.205. The molecule has 0 aliphatic rings. The van der Waals surface area contributed by atoms with Gasteiger partial charge >= 0.3 is 24.7 Å². The lowest BCUT2D eigenvalue weighted by atomic mass is 10.7. The van der Waals surface area contributed by atoms with Crippen LogP contribution in [0.2, 0.25) is 0 Å². The molecule has 20 heteroatoms. The van der Waals surface area contributed by atoms with Crippen molar-refractivity contribution >= 4 is 17.1 Å². The second-order valence-corrected chi connectivity index (χ2v) is 8.15. The van der Waals surface area contributed by atoms with Crippen molar-refractivity contribution in [3.05, 3.63) is 0 Å². The maximum atomic E-state index is 12.3. The van der Waals surface area contributed by atoms with Crippen LogP contribution in [0.1, 0.15) is 0 Å². The number of hydrazine groups is 1. The van der Waals surface area contributed by atoms with Gasteiger partial charge in [0.1, 0.15) is 0 Å². The van der Waals surface area contributed by atoms with Gasteiger partial charge in [0.2, 0.25) is 0 Å². The first-order valence-electron chi connectivity index (χ1n) is 7.06. The van der Waals surface area contributed by atoms with Gasteiger partial charge in [-0.05, 0) is 0 Å². The Bertz CT molecular complexity index is 421. The van der Waals surface area contributed by atoms with Crippen molar-refractivity contribution in [1.82, 2.24) is 9.56 Å². The van der Waals surface area contributed by atoms with E-state index < -0.39 is 68.2 Å². The highest BCUT2D eigenvalue weighted by Crippen LogP contribution is 2.53.